The molecule has 0 saturated carbocycles. The average Bonchev–Trinajstić information content (AvgIpc) is 3.15. The van der Waals surface area contributed by atoms with Crippen LogP contribution in [0.5, 0.6) is 0 Å². The van der Waals surface area contributed by atoms with E-state index in [9.17, 15) is 9.59 Å². The number of nitrogens with zero attached hydrogens (tertiary/aromatic N) is 2. The number of hydrogen-bond acceptors (Lipinski definition) is 6. The number of carbonyl (C=O) groups excluding carboxylic acids is 2. The summed E-state index contributed by atoms with van der Waals surface area (Å²) in [4.78, 5) is 30.7. The molecule has 124 valence electrons. The Morgan fingerprint density at radius 3 is 2.83 bits per heavy atom. The Bertz CT molecular complexity index is 638. The number of rotatable bonds is 8. The molecule has 0 aliphatic carbocycles. The molecular formula is C15H20N4O2S2. The van der Waals surface area contributed by atoms with Gasteiger partial charge < -0.3 is 10.2 Å². The molecule has 0 atom stereocenters. The number of thiophene rings is 1. The molecule has 0 radical (unpaired) electrons. The topological polar surface area (TPSA) is 74.3 Å². The molecule has 0 unspecified atom stereocenters. The van der Waals surface area contributed by atoms with Gasteiger partial charge in [0.15, 0.2) is 5.13 Å². The number of nitrogens with one attached hydrogen (secondary N) is 2. The van der Waals surface area contributed by atoms with E-state index in [4.69, 9.17) is 0 Å². The molecule has 2 amide bonds. The van der Waals surface area contributed by atoms with E-state index in [1.807, 2.05) is 25.5 Å². The van der Waals surface area contributed by atoms with E-state index in [1.54, 1.807) is 11.4 Å². The summed E-state index contributed by atoms with van der Waals surface area (Å²) in [5.74, 6) is -0.223. The van der Waals surface area contributed by atoms with Gasteiger partial charge in [0.05, 0.1) is 17.0 Å². The van der Waals surface area contributed by atoms with Crippen LogP contribution in [-0.2, 0) is 11.2 Å². The van der Waals surface area contributed by atoms with Crippen LogP contribution in [0, 0.1) is 0 Å². The van der Waals surface area contributed by atoms with Crippen molar-refractivity contribution in [1.29, 1.82) is 0 Å². The van der Waals surface area contributed by atoms with Crippen LogP contribution in [0.15, 0.2) is 22.9 Å². The average molecular weight is 352 g/mol. The Labute approximate surface area is 143 Å². The van der Waals surface area contributed by atoms with E-state index in [1.165, 1.54) is 22.7 Å². The molecule has 8 heteroatoms. The summed E-state index contributed by atoms with van der Waals surface area (Å²) in [6, 6.07) is 3.59. The quantitative estimate of drug-likeness (QED) is 0.713. The summed E-state index contributed by atoms with van der Waals surface area (Å²) in [6.45, 7) is 1.60. The fraction of sp³-hybridized carbons (Fsp3) is 0.400. The Morgan fingerprint density at radius 1 is 1.30 bits per heavy atom. The normalized spacial score (nSPS) is 10.7. The number of amides is 2. The number of hydrogen-bond donors (Lipinski definition) is 2. The van der Waals surface area contributed by atoms with Gasteiger partial charge in [0, 0.05) is 11.9 Å². The van der Waals surface area contributed by atoms with Crippen LogP contribution < -0.4 is 10.6 Å². The van der Waals surface area contributed by atoms with Crippen LogP contribution in [-0.4, -0.2) is 48.9 Å². The summed E-state index contributed by atoms with van der Waals surface area (Å²) in [5, 5.41) is 9.77. The second-order valence-corrected chi connectivity index (χ2v) is 7.06. The van der Waals surface area contributed by atoms with Crippen molar-refractivity contribution >= 4 is 39.6 Å². The first-order valence-electron chi connectivity index (χ1n) is 7.25. The van der Waals surface area contributed by atoms with Crippen molar-refractivity contribution in [2.75, 3.05) is 32.5 Å². The van der Waals surface area contributed by atoms with Gasteiger partial charge in [-0.05, 0) is 38.5 Å². The van der Waals surface area contributed by atoms with Gasteiger partial charge in [-0.2, -0.15) is 0 Å². The minimum absolute atomic E-state index is 0.0508. The fourth-order valence-corrected chi connectivity index (χ4v) is 3.19. The van der Waals surface area contributed by atoms with Crippen LogP contribution in [0.1, 0.15) is 21.8 Å². The lowest BCUT2D eigenvalue weighted by Gasteiger charge is -2.09. The first-order valence-corrected chi connectivity index (χ1v) is 9.01. The van der Waals surface area contributed by atoms with Crippen molar-refractivity contribution in [2.45, 2.75) is 12.8 Å². The summed E-state index contributed by atoms with van der Waals surface area (Å²) >= 11 is 2.70. The van der Waals surface area contributed by atoms with Crippen molar-refractivity contribution in [3.05, 3.63) is 33.5 Å². The number of thiazole rings is 1. The number of carbonyl (C=O) groups is 2. The van der Waals surface area contributed by atoms with E-state index in [0.717, 1.165) is 13.0 Å². The minimum atomic E-state index is -0.172. The standard InChI is InChI=1S/C15H20N4O2S2/c1-19(2)7-4-6-16-13(20)9-11-10-23-15(17-11)18-14(21)12-5-3-8-22-12/h3,5,8,10H,4,6-7,9H2,1-2H3,(H,16,20)(H,17,18,21). The zero-order valence-corrected chi connectivity index (χ0v) is 14.8. The number of aromatic nitrogens is 1. The summed E-state index contributed by atoms with van der Waals surface area (Å²) < 4.78 is 0. The van der Waals surface area contributed by atoms with E-state index in [0.29, 0.717) is 22.2 Å². The Kier molecular flexibility index (Phi) is 6.69. The Hall–Kier alpha value is -1.77. The molecule has 2 rings (SSSR count). The van der Waals surface area contributed by atoms with E-state index >= 15 is 0 Å². The predicted octanol–water partition coefficient (Wildman–Crippen LogP) is 2.07. The third kappa shape index (κ3) is 6.09. The van der Waals surface area contributed by atoms with Gasteiger partial charge in [-0.25, -0.2) is 4.98 Å². The van der Waals surface area contributed by atoms with Gasteiger partial charge >= 0.3 is 0 Å². The maximum atomic E-state index is 11.9. The summed E-state index contributed by atoms with van der Waals surface area (Å²) in [7, 11) is 4.01. The first kappa shape index (κ1) is 17.6. The highest BCUT2D eigenvalue weighted by Gasteiger charge is 2.11. The highest BCUT2D eigenvalue weighted by atomic mass is 32.1. The van der Waals surface area contributed by atoms with Gasteiger partial charge in [-0.3, -0.25) is 14.9 Å². The zero-order valence-electron chi connectivity index (χ0n) is 13.2. The summed E-state index contributed by atoms with van der Waals surface area (Å²) in [6.07, 6.45) is 1.14. The zero-order chi connectivity index (χ0) is 16.7. The molecule has 0 aromatic carbocycles. The van der Waals surface area contributed by atoms with Crippen LogP contribution in [0.3, 0.4) is 0 Å². The minimum Gasteiger partial charge on any atom is -0.356 e. The van der Waals surface area contributed by atoms with Gasteiger partial charge in [0.2, 0.25) is 5.91 Å². The highest BCUT2D eigenvalue weighted by Crippen LogP contribution is 2.18. The van der Waals surface area contributed by atoms with E-state index in [2.05, 4.69) is 20.5 Å². The molecule has 0 bridgehead atoms. The molecule has 0 aliphatic rings. The molecule has 2 N–H and O–H groups in total. The van der Waals surface area contributed by atoms with Crippen molar-refractivity contribution < 1.29 is 9.59 Å². The summed E-state index contributed by atoms with van der Waals surface area (Å²) in [5.41, 5.74) is 0.668. The Balaban J connectivity index is 1.76. The van der Waals surface area contributed by atoms with Gasteiger partial charge in [-0.1, -0.05) is 6.07 Å². The largest absolute Gasteiger partial charge is 0.356 e. The van der Waals surface area contributed by atoms with Crippen molar-refractivity contribution in [3.8, 4) is 0 Å². The second kappa shape index (κ2) is 8.76. The van der Waals surface area contributed by atoms with Gasteiger partial charge in [0.1, 0.15) is 0 Å². The van der Waals surface area contributed by atoms with Gasteiger partial charge in [0.25, 0.3) is 5.91 Å². The molecule has 23 heavy (non-hydrogen) atoms. The molecule has 0 saturated heterocycles. The van der Waals surface area contributed by atoms with E-state index < -0.39 is 0 Å². The number of anilines is 1. The van der Waals surface area contributed by atoms with Gasteiger partial charge in [-0.15, -0.1) is 22.7 Å². The maximum Gasteiger partial charge on any atom is 0.267 e. The van der Waals surface area contributed by atoms with Crippen LogP contribution in [0.2, 0.25) is 0 Å². The molecule has 0 fully saturated rings. The molecule has 0 aliphatic heterocycles. The van der Waals surface area contributed by atoms with Crippen LogP contribution in [0.25, 0.3) is 0 Å². The first-order chi connectivity index (χ1) is 11.0. The molecule has 2 aromatic heterocycles. The lowest BCUT2D eigenvalue weighted by molar-refractivity contribution is -0.120. The Morgan fingerprint density at radius 2 is 2.13 bits per heavy atom. The molecule has 0 spiro atoms. The third-order valence-corrected chi connectivity index (χ3v) is 4.64. The molecule has 6 nitrogen and oxygen atoms in total. The van der Waals surface area contributed by atoms with Crippen LogP contribution >= 0.6 is 22.7 Å². The molecule has 2 heterocycles. The lowest BCUT2D eigenvalue weighted by atomic mass is 10.3. The van der Waals surface area contributed by atoms with Crippen molar-refractivity contribution in [1.82, 2.24) is 15.2 Å². The monoisotopic (exact) mass is 352 g/mol. The lowest BCUT2D eigenvalue weighted by Crippen LogP contribution is -2.28. The SMILES string of the molecule is CN(C)CCCNC(=O)Cc1csc(NC(=O)c2cccs2)n1. The predicted molar refractivity (Wildman–Crippen MR) is 94.3 cm³/mol. The fourth-order valence-electron chi connectivity index (χ4n) is 1.86. The third-order valence-electron chi connectivity index (χ3n) is 2.96. The maximum absolute atomic E-state index is 11.9. The van der Waals surface area contributed by atoms with E-state index in [-0.39, 0.29) is 18.2 Å². The highest BCUT2D eigenvalue weighted by molar-refractivity contribution is 7.14. The molecular weight excluding hydrogens is 332 g/mol. The van der Waals surface area contributed by atoms with Crippen molar-refractivity contribution in [3.63, 3.8) is 0 Å². The smallest absolute Gasteiger partial charge is 0.267 e. The van der Waals surface area contributed by atoms with Crippen molar-refractivity contribution in [2.24, 2.45) is 0 Å². The van der Waals surface area contributed by atoms with Crippen LogP contribution in [0.4, 0.5) is 5.13 Å². The second-order valence-electron chi connectivity index (χ2n) is 5.26. The molecule has 2 aromatic rings.